The lowest BCUT2D eigenvalue weighted by atomic mass is 10.1. The number of aliphatic hydroxyl groups excluding tert-OH is 1. The van der Waals surface area contributed by atoms with Crippen molar-refractivity contribution in [3.63, 3.8) is 0 Å². The fraction of sp³-hybridized carbons (Fsp3) is 0.100. The molecule has 0 amide bonds. The quantitative estimate of drug-likeness (QED) is 0.804. The van der Waals surface area contributed by atoms with Crippen LogP contribution in [-0.4, -0.2) is 22.8 Å². The SMILES string of the molecule is O=C(O)c1cc(F)c(C=CCO)c(F)c1. The second kappa shape index (κ2) is 4.65. The van der Waals surface area contributed by atoms with Gasteiger partial charge in [-0.25, -0.2) is 13.6 Å². The first-order valence-corrected chi connectivity index (χ1v) is 4.06. The number of hydrogen-bond acceptors (Lipinski definition) is 2. The van der Waals surface area contributed by atoms with Crippen LogP contribution in [0.4, 0.5) is 8.78 Å². The maximum atomic E-state index is 13.2. The van der Waals surface area contributed by atoms with E-state index in [1.165, 1.54) is 0 Å². The Morgan fingerprint density at radius 3 is 2.27 bits per heavy atom. The molecule has 0 aromatic heterocycles. The minimum atomic E-state index is -1.40. The Morgan fingerprint density at radius 1 is 1.33 bits per heavy atom. The predicted molar refractivity (Wildman–Crippen MR) is 49.4 cm³/mol. The molecule has 0 aliphatic carbocycles. The third kappa shape index (κ3) is 2.60. The summed E-state index contributed by atoms with van der Waals surface area (Å²) in [5.41, 5.74) is -0.819. The van der Waals surface area contributed by atoms with Crippen LogP contribution >= 0.6 is 0 Å². The van der Waals surface area contributed by atoms with Crippen molar-refractivity contribution < 1.29 is 23.8 Å². The number of hydrogen-bond donors (Lipinski definition) is 2. The number of carboxylic acids is 1. The van der Waals surface area contributed by atoms with E-state index in [-0.39, 0.29) is 12.2 Å². The van der Waals surface area contributed by atoms with Gasteiger partial charge in [0.05, 0.1) is 12.2 Å². The van der Waals surface area contributed by atoms with E-state index in [2.05, 4.69) is 0 Å². The highest BCUT2D eigenvalue weighted by molar-refractivity contribution is 5.88. The van der Waals surface area contributed by atoms with E-state index in [0.29, 0.717) is 0 Å². The summed E-state index contributed by atoms with van der Waals surface area (Å²) in [5.74, 6) is -3.35. The minimum Gasteiger partial charge on any atom is -0.478 e. The Labute approximate surface area is 84.3 Å². The molecule has 0 unspecified atom stereocenters. The summed E-state index contributed by atoms with van der Waals surface area (Å²) in [7, 11) is 0. The van der Waals surface area contributed by atoms with Crippen LogP contribution in [0.5, 0.6) is 0 Å². The molecule has 0 fully saturated rings. The molecule has 0 heterocycles. The number of carbonyl (C=O) groups is 1. The van der Waals surface area contributed by atoms with E-state index in [1.54, 1.807) is 0 Å². The molecule has 1 rings (SSSR count). The number of carboxylic acid groups (broad SMARTS) is 1. The van der Waals surface area contributed by atoms with Crippen molar-refractivity contribution in [3.8, 4) is 0 Å². The van der Waals surface area contributed by atoms with Gasteiger partial charge >= 0.3 is 5.97 Å². The number of rotatable bonds is 3. The van der Waals surface area contributed by atoms with Crippen LogP contribution in [0.3, 0.4) is 0 Å². The monoisotopic (exact) mass is 214 g/mol. The molecule has 0 atom stereocenters. The van der Waals surface area contributed by atoms with Crippen LogP contribution in [0.25, 0.3) is 6.08 Å². The molecule has 0 bridgehead atoms. The fourth-order valence-corrected chi connectivity index (χ4v) is 1.04. The van der Waals surface area contributed by atoms with Crippen LogP contribution in [0.2, 0.25) is 0 Å². The topological polar surface area (TPSA) is 57.5 Å². The number of aliphatic hydroxyl groups is 1. The van der Waals surface area contributed by atoms with Gasteiger partial charge in [0.2, 0.25) is 0 Å². The van der Waals surface area contributed by atoms with E-state index in [1.807, 2.05) is 0 Å². The first-order chi connectivity index (χ1) is 7.06. The molecule has 0 aliphatic heterocycles. The van der Waals surface area contributed by atoms with Crippen molar-refractivity contribution in [2.45, 2.75) is 0 Å². The largest absolute Gasteiger partial charge is 0.478 e. The Kier molecular flexibility index (Phi) is 3.51. The van der Waals surface area contributed by atoms with Crippen molar-refractivity contribution in [1.82, 2.24) is 0 Å². The van der Waals surface area contributed by atoms with Gasteiger partial charge in [-0.1, -0.05) is 12.2 Å². The van der Waals surface area contributed by atoms with Crippen LogP contribution < -0.4 is 0 Å². The summed E-state index contributed by atoms with van der Waals surface area (Å²) in [6, 6.07) is 1.45. The molecule has 0 spiro atoms. The van der Waals surface area contributed by atoms with Crippen molar-refractivity contribution in [1.29, 1.82) is 0 Å². The highest BCUT2D eigenvalue weighted by Crippen LogP contribution is 2.17. The third-order valence-corrected chi connectivity index (χ3v) is 1.72. The summed E-state index contributed by atoms with van der Waals surface area (Å²) in [6.07, 6.45) is 2.21. The predicted octanol–water partition coefficient (Wildman–Crippen LogP) is 1.67. The zero-order chi connectivity index (χ0) is 11.4. The molecule has 2 N–H and O–H groups in total. The summed E-state index contributed by atoms with van der Waals surface area (Å²) < 4.78 is 26.3. The molecule has 5 heteroatoms. The number of halogens is 2. The molecule has 3 nitrogen and oxygen atoms in total. The first-order valence-electron chi connectivity index (χ1n) is 4.06. The molecular weight excluding hydrogens is 206 g/mol. The van der Waals surface area contributed by atoms with Gasteiger partial charge in [-0.2, -0.15) is 0 Å². The molecule has 1 aromatic carbocycles. The van der Waals surface area contributed by atoms with Crippen LogP contribution in [0.1, 0.15) is 15.9 Å². The van der Waals surface area contributed by atoms with Gasteiger partial charge in [-0.05, 0) is 12.1 Å². The molecule has 0 saturated carbocycles. The molecule has 80 valence electrons. The highest BCUT2D eigenvalue weighted by Gasteiger charge is 2.12. The van der Waals surface area contributed by atoms with E-state index in [4.69, 9.17) is 10.2 Å². The van der Waals surface area contributed by atoms with Crippen molar-refractivity contribution in [2.75, 3.05) is 6.61 Å². The molecule has 0 saturated heterocycles. The number of benzene rings is 1. The molecule has 1 aromatic rings. The van der Waals surface area contributed by atoms with Gasteiger partial charge in [-0.3, -0.25) is 0 Å². The lowest BCUT2D eigenvalue weighted by molar-refractivity contribution is 0.0695. The van der Waals surface area contributed by atoms with E-state index >= 15 is 0 Å². The maximum absolute atomic E-state index is 13.2. The molecule has 0 aliphatic rings. The van der Waals surface area contributed by atoms with Gasteiger partial charge in [0.25, 0.3) is 0 Å². The standard InChI is InChI=1S/C10H8F2O3/c11-8-4-6(10(14)15)5-9(12)7(8)2-1-3-13/h1-2,4-5,13H,3H2,(H,14,15). The van der Waals surface area contributed by atoms with E-state index in [0.717, 1.165) is 24.3 Å². The maximum Gasteiger partial charge on any atom is 0.335 e. The lowest BCUT2D eigenvalue weighted by Gasteiger charge is -2.01. The normalized spacial score (nSPS) is 10.9. The lowest BCUT2D eigenvalue weighted by Crippen LogP contribution is -2.00. The first kappa shape index (κ1) is 11.3. The Hall–Kier alpha value is -1.75. The fourth-order valence-electron chi connectivity index (χ4n) is 1.04. The molecular formula is C10H8F2O3. The van der Waals surface area contributed by atoms with Gasteiger partial charge in [0.1, 0.15) is 11.6 Å². The zero-order valence-electron chi connectivity index (χ0n) is 7.58. The second-order valence-electron chi connectivity index (χ2n) is 2.74. The van der Waals surface area contributed by atoms with Crippen molar-refractivity contribution in [2.24, 2.45) is 0 Å². The smallest absolute Gasteiger partial charge is 0.335 e. The Bertz CT molecular complexity index is 390. The minimum absolute atomic E-state index is 0.348. The summed E-state index contributed by atoms with van der Waals surface area (Å²) >= 11 is 0. The summed E-state index contributed by atoms with van der Waals surface area (Å²) in [5, 5.41) is 16.9. The highest BCUT2D eigenvalue weighted by atomic mass is 19.1. The van der Waals surface area contributed by atoms with Gasteiger partial charge in [0.15, 0.2) is 0 Å². The van der Waals surface area contributed by atoms with E-state index < -0.39 is 23.2 Å². The van der Waals surface area contributed by atoms with Crippen molar-refractivity contribution >= 4 is 12.0 Å². The average molecular weight is 214 g/mol. The van der Waals surface area contributed by atoms with Crippen LogP contribution in [0.15, 0.2) is 18.2 Å². The number of aromatic carboxylic acids is 1. The van der Waals surface area contributed by atoms with Gasteiger partial charge < -0.3 is 10.2 Å². The molecule has 15 heavy (non-hydrogen) atoms. The van der Waals surface area contributed by atoms with Gasteiger partial charge in [-0.15, -0.1) is 0 Å². The summed E-state index contributed by atoms with van der Waals surface area (Å²) in [6.45, 7) is -0.348. The Balaban J connectivity index is 3.21. The third-order valence-electron chi connectivity index (χ3n) is 1.72. The van der Waals surface area contributed by atoms with Crippen LogP contribution in [0, 0.1) is 11.6 Å². The van der Waals surface area contributed by atoms with E-state index in [9.17, 15) is 13.6 Å². The van der Waals surface area contributed by atoms with Crippen LogP contribution in [-0.2, 0) is 0 Å². The second-order valence-corrected chi connectivity index (χ2v) is 2.74. The molecule has 0 radical (unpaired) electrons. The average Bonchev–Trinajstić information content (AvgIpc) is 2.16. The van der Waals surface area contributed by atoms with Crippen molar-refractivity contribution in [3.05, 3.63) is 41.0 Å². The Morgan fingerprint density at radius 2 is 1.87 bits per heavy atom. The zero-order valence-corrected chi connectivity index (χ0v) is 7.58. The van der Waals surface area contributed by atoms with Gasteiger partial charge in [0, 0.05) is 5.56 Å². The summed E-state index contributed by atoms with van der Waals surface area (Å²) in [4.78, 5) is 10.4.